The van der Waals surface area contributed by atoms with Gasteiger partial charge >= 0.3 is 0 Å². The van der Waals surface area contributed by atoms with Crippen LogP contribution in [0, 0.1) is 13.8 Å². The van der Waals surface area contributed by atoms with Crippen LogP contribution in [0.25, 0.3) is 21.3 Å². The predicted molar refractivity (Wildman–Crippen MR) is 121 cm³/mol. The van der Waals surface area contributed by atoms with Gasteiger partial charge in [-0.15, -0.1) is 11.3 Å². The molecule has 28 heavy (non-hydrogen) atoms. The second-order valence-electron chi connectivity index (χ2n) is 7.04. The third kappa shape index (κ3) is 3.88. The van der Waals surface area contributed by atoms with Gasteiger partial charge in [-0.1, -0.05) is 38.4 Å². The van der Waals surface area contributed by atoms with Crippen LogP contribution >= 0.6 is 22.9 Å². The predicted octanol–water partition coefficient (Wildman–Crippen LogP) is 5.30. The lowest BCUT2D eigenvalue weighted by molar-refractivity contribution is 0.288. The van der Waals surface area contributed by atoms with E-state index in [1.165, 1.54) is 4.88 Å². The summed E-state index contributed by atoms with van der Waals surface area (Å²) in [6.07, 6.45) is 0.871. The lowest BCUT2D eigenvalue weighted by Crippen LogP contribution is -2.32. The van der Waals surface area contributed by atoms with Gasteiger partial charge in [-0.2, -0.15) is 0 Å². The minimum atomic E-state index is 0.0632. The van der Waals surface area contributed by atoms with Crippen molar-refractivity contribution in [3.8, 4) is 11.1 Å². The summed E-state index contributed by atoms with van der Waals surface area (Å²) in [7, 11) is 0. The molecule has 0 atom stereocenters. The Hall–Kier alpha value is -1.69. The van der Waals surface area contributed by atoms with Crippen LogP contribution in [0.15, 0.2) is 23.0 Å². The SMILES string of the molecule is CCc1sc2nc(C)n(CCN(CC)CC)c(=O)c2c1-c1ccc(Cl)c(C)c1. The van der Waals surface area contributed by atoms with Gasteiger partial charge in [0.25, 0.3) is 5.56 Å². The molecule has 0 N–H and O–H groups in total. The van der Waals surface area contributed by atoms with Crippen LogP contribution < -0.4 is 5.56 Å². The van der Waals surface area contributed by atoms with E-state index in [0.717, 1.165) is 63.8 Å². The van der Waals surface area contributed by atoms with Crippen molar-refractivity contribution in [2.75, 3.05) is 19.6 Å². The molecule has 0 aliphatic heterocycles. The first-order valence-electron chi connectivity index (χ1n) is 9.92. The average Bonchev–Trinajstić information content (AvgIpc) is 3.05. The first-order valence-corrected chi connectivity index (χ1v) is 11.1. The number of nitrogens with zero attached hydrogens (tertiary/aromatic N) is 3. The molecule has 0 spiro atoms. The highest BCUT2D eigenvalue weighted by Crippen LogP contribution is 2.37. The molecule has 0 radical (unpaired) electrons. The Bertz CT molecular complexity index is 1050. The molecule has 0 saturated carbocycles. The monoisotopic (exact) mass is 417 g/mol. The van der Waals surface area contributed by atoms with Gasteiger partial charge in [0.1, 0.15) is 10.7 Å². The molecule has 0 aliphatic carbocycles. The normalized spacial score (nSPS) is 11.7. The minimum Gasteiger partial charge on any atom is -0.302 e. The fraction of sp³-hybridized carbons (Fsp3) is 0.455. The standard InChI is InChI=1S/C22H28ClN3OS/c1-6-18-19(16-9-10-17(23)14(4)13-16)20-21(28-18)24-15(5)26(22(20)27)12-11-25(7-2)8-3/h9-10,13H,6-8,11-12H2,1-5H3. The van der Waals surface area contributed by atoms with Crippen LogP contribution in [0.1, 0.15) is 37.0 Å². The highest BCUT2D eigenvalue weighted by molar-refractivity contribution is 7.19. The number of aromatic nitrogens is 2. The second-order valence-corrected chi connectivity index (χ2v) is 8.53. The van der Waals surface area contributed by atoms with E-state index < -0.39 is 0 Å². The smallest absolute Gasteiger partial charge is 0.262 e. The van der Waals surface area contributed by atoms with E-state index in [2.05, 4.69) is 31.7 Å². The zero-order valence-corrected chi connectivity index (χ0v) is 18.9. The number of benzene rings is 1. The lowest BCUT2D eigenvalue weighted by Gasteiger charge is -2.19. The van der Waals surface area contributed by atoms with Gasteiger partial charge in [-0.25, -0.2) is 4.98 Å². The number of likely N-dealkylation sites (N-methyl/N-ethyl adjacent to an activating group) is 1. The van der Waals surface area contributed by atoms with Gasteiger partial charge < -0.3 is 4.90 Å². The fourth-order valence-electron chi connectivity index (χ4n) is 3.63. The summed E-state index contributed by atoms with van der Waals surface area (Å²) < 4.78 is 1.83. The van der Waals surface area contributed by atoms with Crippen molar-refractivity contribution in [3.63, 3.8) is 0 Å². The quantitative estimate of drug-likeness (QED) is 0.523. The number of hydrogen-bond donors (Lipinski definition) is 0. The molecule has 2 heterocycles. The van der Waals surface area contributed by atoms with Crippen LogP contribution in [-0.4, -0.2) is 34.1 Å². The highest BCUT2D eigenvalue weighted by atomic mass is 35.5. The molecule has 0 unspecified atom stereocenters. The second kappa shape index (κ2) is 8.76. The molecule has 150 valence electrons. The van der Waals surface area contributed by atoms with Crippen LogP contribution in [0.5, 0.6) is 0 Å². The summed E-state index contributed by atoms with van der Waals surface area (Å²) in [5.74, 6) is 0.785. The summed E-state index contributed by atoms with van der Waals surface area (Å²) in [6, 6.07) is 5.99. The molecular weight excluding hydrogens is 390 g/mol. The van der Waals surface area contributed by atoms with Gasteiger partial charge in [0.05, 0.1) is 5.39 Å². The molecule has 6 heteroatoms. The Morgan fingerprint density at radius 3 is 2.50 bits per heavy atom. The Kier molecular flexibility index (Phi) is 6.58. The van der Waals surface area contributed by atoms with E-state index in [4.69, 9.17) is 16.6 Å². The zero-order chi connectivity index (χ0) is 20.4. The maximum absolute atomic E-state index is 13.5. The fourth-order valence-corrected chi connectivity index (χ4v) is 4.92. The molecule has 0 amide bonds. The number of hydrogen-bond acceptors (Lipinski definition) is 4. The number of aryl methyl sites for hydroxylation is 3. The zero-order valence-electron chi connectivity index (χ0n) is 17.3. The maximum Gasteiger partial charge on any atom is 0.262 e. The van der Waals surface area contributed by atoms with Gasteiger partial charge in [-0.3, -0.25) is 9.36 Å². The summed E-state index contributed by atoms with van der Waals surface area (Å²) >= 11 is 7.86. The Morgan fingerprint density at radius 2 is 1.89 bits per heavy atom. The van der Waals surface area contributed by atoms with Crippen molar-refractivity contribution in [2.45, 2.75) is 47.6 Å². The minimum absolute atomic E-state index is 0.0632. The van der Waals surface area contributed by atoms with E-state index in [0.29, 0.717) is 6.54 Å². The summed E-state index contributed by atoms with van der Waals surface area (Å²) in [5, 5.41) is 1.49. The van der Waals surface area contributed by atoms with Gasteiger partial charge in [0.2, 0.25) is 0 Å². The van der Waals surface area contributed by atoms with Crippen LogP contribution in [0.3, 0.4) is 0 Å². The van der Waals surface area contributed by atoms with Crippen LogP contribution in [0.2, 0.25) is 5.02 Å². The first-order chi connectivity index (χ1) is 13.4. The molecule has 0 fully saturated rings. The van der Waals surface area contributed by atoms with E-state index in [-0.39, 0.29) is 5.56 Å². The van der Waals surface area contributed by atoms with Gasteiger partial charge in [0.15, 0.2) is 0 Å². The molecule has 0 bridgehead atoms. The third-order valence-electron chi connectivity index (χ3n) is 5.38. The lowest BCUT2D eigenvalue weighted by atomic mass is 10.0. The molecule has 3 aromatic rings. The van der Waals surface area contributed by atoms with Crippen molar-refractivity contribution in [3.05, 3.63) is 49.8 Å². The molecular formula is C22H28ClN3OS. The van der Waals surface area contributed by atoms with E-state index in [1.54, 1.807) is 11.3 Å². The van der Waals surface area contributed by atoms with Crippen molar-refractivity contribution >= 4 is 33.2 Å². The Morgan fingerprint density at radius 1 is 1.18 bits per heavy atom. The summed E-state index contributed by atoms with van der Waals surface area (Å²) in [4.78, 5) is 22.7. The van der Waals surface area contributed by atoms with Crippen molar-refractivity contribution < 1.29 is 0 Å². The molecule has 4 nitrogen and oxygen atoms in total. The number of thiophene rings is 1. The Labute approximate surface area is 175 Å². The molecule has 0 aliphatic rings. The van der Waals surface area contributed by atoms with E-state index >= 15 is 0 Å². The van der Waals surface area contributed by atoms with Crippen molar-refractivity contribution in [1.82, 2.24) is 14.5 Å². The maximum atomic E-state index is 13.5. The van der Waals surface area contributed by atoms with Crippen molar-refractivity contribution in [2.24, 2.45) is 0 Å². The van der Waals surface area contributed by atoms with Gasteiger partial charge in [-0.05, 0) is 56.6 Å². The number of fused-ring (bicyclic) bond motifs is 1. The number of halogens is 1. The molecule has 0 saturated heterocycles. The van der Waals surface area contributed by atoms with Crippen LogP contribution in [0.4, 0.5) is 0 Å². The van der Waals surface area contributed by atoms with Crippen molar-refractivity contribution in [1.29, 1.82) is 0 Å². The van der Waals surface area contributed by atoms with Gasteiger partial charge in [0, 0.05) is 28.6 Å². The Balaban J connectivity index is 2.19. The van der Waals surface area contributed by atoms with E-state index in [1.807, 2.05) is 30.5 Å². The van der Waals surface area contributed by atoms with E-state index in [9.17, 15) is 4.79 Å². The summed E-state index contributed by atoms with van der Waals surface area (Å²) in [5.41, 5.74) is 3.15. The summed E-state index contributed by atoms with van der Waals surface area (Å²) in [6.45, 7) is 13.8. The third-order valence-corrected chi connectivity index (χ3v) is 7.03. The average molecular weight is 418 g/mol. The topological polar surface area (TPSA) is 38.1 Å². The number of rotatable bonds is 7. The molecule has 1 aromatic carbocycles. The first kappa shape index (κ1) is 21.0. The largest absolute Gasteiger partial charge is 0.302 e. The molecule has 2 aromatic heterocycles. The van der Waals surface area contributed by atoms with Crippen LogP contribution in [-0.2, 0) is 13.0 Å². The highest BCUT2D eigenvalue weighted by Gasteiger charge is 2.20. The molecule has 3 rings (SSSR count).